The van der Waals surface area contributed by atoms with Crippen LogP contribution in [0.2, 0.25) is 0 Å². The van der Waals surface area contributed by atoms with Gasteiger partial charge in [0.1, 0.15) is 11.5 Å². The Balaban J connectivity index is 3.46. The predicted octanol–water partition coefficient (Wildman–Crippen LogP) is 2.66. The standard InChI is InChI=1S/C14H12O4/c1-3-11(16)7-12-10(8-15)5-9(6-14(12)18)13(17)4-2/h3-8,16,18H,1-2H2. The van der Waals surface area contributed by atoms with E-state index in [-0.39, 0.29) is 28.2 Å². The molecule has 0 fully saturated rings. The maximum Gasteiger partial charge on any atom is 0.185 e. The van der Waals surface area contributed by atoms with Gasteiger partial charge in [-0.15, -0.1) is 0 Å². The first kappa shape index (κ1) is 13.4. The molecular weight excluding hydrogens is 232 g/mol. The van der Waals surface area contributed by atoms with E-state index < -0.39 is 5.78 Å². The van der Waals surface area contributed by atoms with Crippen LogP contribution in [0.5, 0.6) is 5.75 Å². The van der Waals surface area contributed by atoms with Crippen molar-refractivity contribution in [1.29, 1.82) is 0 Å². The number of hydrogen-bond acceptors (Lipinski definition) is 4. The van der Waals surface area contributed by atoms with E-state index in [0.29, 0.717) is 6.29 Å². The molecule has 0 heterocycles. The van der Waals surface area contributed by atoms with E-state index in [1.165, 1.54) is 18.2 Å². The monoisotopic (exact) mass is 244 g/mol. The van der Waals surface area contributed by atoms with Gasteiger partial charge in [-0.2, -0.15) is 0 Å². The molecule has 0 radical (unpaired) electrons. The van der Waals surface area contributed by atoms with Crippen LogP contribution in [-0.4, -0.2) is 22.3 Å². The van der Waals surface area contributed by atoms with Crippen LogP contribution in [0.3, 0.4) is 0 Å². The van der Waals surface area contributed by atoms with Crippen molar-refractivity contribution < 1.29 is 19.8 Å². The first-order valence-electron chi connectivity index (χ1n) is 5.05. The van der Waals surface area contributed by atoms with Crippen LogP contribution in [0.4, 0.5) is 0 Å². The van der Waals surface area contributed by atoms with Crippen LogP contribution in [0.25, 0.3) is 6.08 Å². The largest absolute Gasteiger partial charge is 0.508 e. The van der Waals surface area contributed by atoms with Crippen LogP contribution in [-0.2, 0) is 0 Å². The normalized spacial score (nSPS) is 10.8. The number of carbonyl (C=O) groups is 2. The maximum absolute atomic E-state index is 11.4. The summed E-state index contributed by atoms with van der Waals surface area (Å²) in [5.74, 6) is -0.883. The molecule has 0 amide bonds. The zero-order chi connectivity index (χ0) is 13.7. The molecule has 0 aromatic heterocycles. The lowest BCUT2D eigenvalue weighted by molar-refractivity contribution is 0.104. The molecular formula is C14H12O4. The summed E-state index contributed by atoms with van der Waals surface area (Å²) in [6.45, 7) is 6.67. The van der Waals surface area contributed by atoms with Crippen LogP contribution < -0.4 is 0 Å². The predicted molar refractivity (Wildman–Crippen MR) is 68.8 cm³/mol. The lowest BCUT2D eigenvalue weighted by Crippen LogP contribution is -1.98. The average molecular weight is 244 g/mol. The molecule has 0 bridgehead atoms. The topological polar surface area (TPSA) is 74.6 Å². The second-order valence-electron chi connectivity index (χ2n) is 3.46. The summed E-state index contributed by atoms with van der Waals surface area (Å²) in [6.07, 6.45) is 3.92. The van der Waals surface area contributed by atoms with Gasteiger partial charge < -0.3 is 10.2 Å². The fraction of sp³-hybridized carbons (Fsp3) is 0. The van der Waals surface area contributed by atoms with Gasteiger partial charge >= 0.3 is 0 Å². The summed E-state index contributed by atoms with van der Waals surface area (Å²) in [5, 5.41) is 19.1. The van der Waals surface area contributed by atoms with E-state index in [1.54, 1.807) is 0 Å². The minimum Gasteiger partial charge on any atom is -0.508 e. The van der Waals surface area contributed by atoms with E-state index in [4.69, 9.17) is 0 Å². The van der Waals surface area contributed by atoms with Crippen LogP contribution in [0.15, 0.2) is 43.2 Å². The van der Waals surface area contributed by atoms with Gasteiger partial charge in [0.25, 0.3) is 0 Å². The number of aliphatic hydroxyl groups is 1. The van der Waals surface area contributed by atoms with Crippen molar-refractivity contribution in [3.63, 3.8) is 0 Å². The highest BCUT2D eigenvalue weighted by molar-refractivity contribution is 6.06. The highest BCUT2D eigenvalue weighted by atomic mass is 16.3. The van der Waals surface area contributed by atoms with Gasteiger partial charge in [-0.25, -0.2) is 0 Å². The van der Waals surface area contributed by atoms with Gasteiger partial charge in [-0.3, -0.25) is 9.59 Å². The lowest BCUT2D eigenvalue weighted by atomic mass is 10.0. The molecule has 1 aromatic rings. The van der Waals surface area contributed by atoms with Crippen molar-refractivity contribution in [2.24, 2.45) is 0 Å². The third-order valence-electron chi connectivity index (χ3n) is 2.29. The molecule has 0 unspecified atom stereocenters. The molecule has 0 aliphatic heterocycles. The highest BCUT2D eigenvalue weighted by Gasteiger charge is 2.11. The molecule has 18 heavy (non-hydrogen) atoms. The summed E-state index contributed by atoms with van der Waals surface area (Å²) in [7, 11) is 0. The Hall–Kier alpha value is -2.62. The first-order valence-corrected chi connectivity index (χ1v) is 5.05. The number of aldehydes is 1. The molecule has 1 aromatic carbocycles. The van der Waals surface area contributed by atoms with Crippen LogP contribution >= 0.6 is 0 Å². The van der Waals surface area contributed by atoms with Crippen molar-refractivity contribution in [2.45, 2.75) is 0 Å². The number of phenols is 1. The molecule has 0 saturated heterocycles. The van der Waals surface area contributed by atoms with Gasteiger partial charge in [-0.1, -0.05) is 13.2 Å². The van der Waals surface area contributed by atoms with Crippen molar-refractivity contribution >= 4 is 18.1 Å². The second-order valence-corrected chi connectivity index (χ2v) is 3.46. The quantitative estimate of drug-likeness (QED) is 0.274. The molecule has 0 saturated carbocycles. The lowest BCUT2D eigenvalue weighted by Gasteiger charge is -2.06. The molecule has 0 spiro atoms. The minimum atomic E-state index is -0.406. The number of rotatable bonds is 5. The third kappa shape index (κ3) is 2.74. The molecule has 0 aliphatic carbocycles. The molecule has 0 aliphatic rings. The summed E-state index contributed by atoms with van der Waals surface area (Å²) < 4.78 is 0. The van der Waals surface area contributed by atoms with Gasteiger partial charge in [0.15, 0.2) is 12.1 Å². The summed E-state index contributed by atoms with van der Waals surface area (Å²) in [4.78, 5) is 22.3. The van der Waals surface area contributed by atoms with E-state index >= 15 is 0 Å². The number of carbonyl (C=O) groups excluding carboxylic acids is 2. The van der Waals surface area contributed by atoms with Crippen molar-refractivity contribution in [3.8, 4) is 5.75 Å². The van der Waals surface area contributed by atoms with E-state index in [2.05, 4.69) is 13.2 Å². The summed E-state index contributed by atoms with van der Waals surface area (Å²) >= 11 is 0. The van der Waals surface area contributed by atoms with E-state index in [1.807, 2.05) is 0 Å². The van der Waals surface area contributed by atoms with Crippen molar-refractivity contribution in [1.82, 2.24) is 0 Å². The average Bonchev–Trinajstić information content (AvgIpc) is 2.39. The second kappa shape index (κ2) is 5.63. The number of allylic oxidation sites excluding steroid dienone is 2. The number of aliphatic hydroxyl groups excluding tert-OH is 1. The number of aromatic hydroxyl groups is 1. The minimum absolute atomic E-state index is 0.0913. The fourth-order valence-corrected chi connectivity index (χ4v) is 1.38. The molecule has 2 N–H and O–H groups in total. The van der Waals surface area contributed by atoms with Gasteiger partial charge in [-0.05, 0) is 30.4 Å². The number of hydrogen-bond donors (Lipinski definition) is 2. The molecule has 4 heteroatoms. The molecule has 1 rings (SSSR count). The summed E-state index contributed by atoms with van der Waals surface area (Å²) in [6, 6.07) is 2.53. The van der Waals surface area contributed by atoms with Crippen molar-refractivity contribution in [3.05, 3.63) is 59.9 Å². The van der Waals surface area contributed by atoms with Crippen LogP contribution in [0, 0.1) is 0 Å². The third-order valence-corrected chi connectivity index (χ3v) is 2.29. The molecule has 92 valence electrons. The van der Waals surface area contributed by atoms with Crippen LogP contribution in [0.1, 0.15) is 26.3 Å². The van der Waals surface area contributed by atoms with Gasteiger partial charge in [0.05, 0.1) is 0 Å². The fourth-order valence-electron chi connectivity index (χ4n) is 1.38. The first-order chi connectivity index (χ1) is 8.53. The number of benzene rings is 1. The maximum atomic E-state index is 11.4. The highest BCUT2D eigenvalue weighted by Crippen LogP contribution is 2.25. The smallest absolute Gasteiger partial charge is 0.185 e. The zero-order valence-corrected chi connectivity index (χ0v) is 9.59. The van der Waals surface area contributed by atoms with Gasteiger partial charge in [0.2, 0.25) is 0 Å². The van der Waals surface area contributed by atoms with Crippen molar-refractivity contribution in [2.75, 3.05) is 0 Å². The SMILES string of the molecule is C=CC(=O)c1cc(O)c(C=C(O)C=C)c(C=O)c1. The number of phenolic OH excluding ortho intramolecular Hbond substituents is 1. The number of ketones is 1. The Morgan fingerprint density at radius 1 is 1.22 bits per heavy atom. The molecule has 4 nitrogen and oxygen atoms in total. The zero-order valence-electron chi connectivity index (χ0n) is 9.59. The Labute approximate surface area is 104 Å². The Bertz CT molecular complexity index is 553. The van der Waals surface area contributed by atoms with E-state index in [9.17, 15) is 19.8 Å². The summed E-state index contributed by atoms with van der Waals surface area (Å²) in [5.41, 5.74) is 0.372. The Morgan fingerprint density at radius 2 is 1.89 bits per heavy atom. The van der Waals surface area contributed by atoms with E-state index in [0.717, 1.165) is 12.2 Å². The van der Waals surface area contributed by atoms with Gasteiger partial charge in [0, 0.05) is 16.7 Å². The molecule has 0 atom stereocenters. The Kier molecular flexibility index (Phi) is 4.21. The Morgan fingerprint density at radius 3 is 2.39 bits per heavy atom.